The molecule has 0 spiro atoms. The van der Waals surface area contributed by atoms with Gasteiger partial charge in [0, 0.05) is 47.8 Å². The molecule has 0 bridgehead atoms. The molecule has 5 heterocycles. The van der Waals surface area contributed by atoms with Gasteiger partial charge in [-0.3, -0.25) is 9.97 Å². The van der Waals surface area contributed by atoms with Crippen LogP contribution in [-0.2, 0) is 26.5 Å². The summed E-state index contributed by atoms with van der Waals surface area (Å²) in [6.45, 7) is 4.24. The van der Waals surface area contributed by atoms with Crippen LogP contribution in [0.5, 0.6) is 0 Å². The number of hydrogen-bond donors (Lipinski definition) is 0. The molecule has 0 N–H and O–H groups in total. The van der Waals surface area contributed by atoms with Crippen molar-refractivity contribution in [2.75, 3.05) is 0 Å². The van der Waals surface area contributed by atoms with E-state index in [1.54, 1.807) is 0 Å². The second kappa shape index (κ2) is 16.3. The van der Waals surface area contributed by atoms with Crippen molar-refractivity contribution in [3.63, 3.8) is 0 Å². The van der Waals surface area contributed by atoms with Crippen molar-refractivity contribution < 1.29 is 24.5 Å². The molecule has 0 saturated heterocycles. The van der Waals surface area contributed by atoms with Gasteiger partial charge in [-0.15, -0.1) is 18.2 Å². The van der Waals surface area contributed by atoms with Crippen LogP contribution in [0, 0.1) is 19.1 Å². The minimum atomic E-state index is -1.80. The van der Waals surface area contributed by atoms with Gasteiger partial charge in [0.05, 0.1) is 33.7 Å². The molecule has 5 aromatic heterocycles. The topological polar surface area (TPSA) is 69.6 Å². The summed E-state index contributed by atoms with van der Waals surface area (Å²) in [6, 6.07) is 53.8. The van der Waals surface area contributed by atoms with Gasteiger partial charge in [-0.1, -0.05) is 59.5 Å². The zero-order valence-corrected chi connectivity index (χ0v) is 37.5. The number of nitrogens with zero attached hydrogens (tertiary/aromatic N) is 5. The predicted octanol–water partition coefficient (Wildman–Crippen LogP) is 12.0. The second-order valence-electron chi connectivity index (χ2n) is 15.3. The number of furan rings is 1. The number of benzene rings is 5. The molecule has 8 heteroatoms. The molecule has 0 fully saturated rings. The minimum absolute atomic E-state index is 0. The van der Waals surface area contributed by atoms with Crippen LogP contribution in [0.3, 0.4) is 0 Å². The third kappa shape index (κ3) is 7.42. The Morgan fingerprint density at radius 1 is 0.672 bits per heavy atom. The van der Waals surface area contributed by atoms with E-state index in [0.717, 1.165) is 90.0 Å². The number of pyridine rings is 3. The van der Waals surface area contributed by atoms with E-state index in [9.17, 15) is 0 Å². The molecule has 5 aromatic carbocycles. The molecule has 6 nitrogen and oxygen atoms in total. The monoisotopic (exact) mass is 994 g/mol. The van der Waals surface area contributed by atoms with Crippen LogP contribution in [0.1, 0.15) is 18.2 Å². The Hall–Kier alpha value is -5.73. The second-order valence-corrected chi connectivity index (χ2v) is 25.8. The number of imidazole rings is 1. The van der Waals surface area contributed by atoms with E-state index < -0.39 is 13.3 Å². The van der Waals surface area contributed by atoms with Gasteiger partial charge in [0.15, 0.2) is 0 Å². The van der Waals surface area contributed by atoms with Crippen LogP contribution in [0.25, 0.3) is 83.6 Å². The van der Waals surface area contributed by atoms with Crippen LogP contribution in [-0.4, -0.2) is 37.8 Å². The fourth-order valence-corrected chi connectivity index (χ4v) is 11.1. The van der Waals surface area contributed by atoms with Crippen molar-refractivity contribution in [2.45, 2.75) is 37.5 Å². The third-order valence-electron chi connectivity index (χ3n) is 10.4. The number of para-hydroxylation sites is 1. The Bertz CT molecular complexity index is 3050. The Morgan fingerprint density at radius 3 is 2.16 bits per heavy atom. The van der Waals surface area contributed by atoms with Crippen LogP contribution in [0.2, 0.25) is 17.3 Å². The van der Waals surface area contributed by atoms with Gasteiger partial charge in [-0.05, 0) is 55.5 Å². The van der Waals surface area contributed by atoms with Crippen LogP contribution in [0.4, 0.5) is 0 Å². The van der Waals surface area contributed by atoms with E-state index in [0.29, 0.717) is 5.71 Å². The number of fused-ring (bicyclic) bond motifs is 6. The molecule has 0 unspecified atom stereocenters. The first-order chi connectivity index (χ1) is 27.8. The maximum atomic E-state index is 6.48. The van der Waals surface area contributed by atoms with Crippen molar-refractivity contribution in [3.05, 3.63) is 169 Å². The maximum absolute atomic E-state index is 6.48. The van der Waals surface area contributed by atoms with Crippen molar-refractivity contribution in [1.29, 1.82) is 0 Å². The normalized spacial score (nSPS) is 11.5. The van der Waals surface area contributed by atoms with Gasteiger partial charge in [0.25, 0.3) is 0 Å². The van der Waals surface area contributed by atoms with Gasteiger partial charge in [0.2, 0.25) is 5.71 Å². The van der Waals surface area contributed by atoms with E-state index in [-0.39, 0.29) is 20.1 Å². The van der Waals surface area contributed by atoms with Crippen molar-refractivity contribution in [3.8, 4) is 39.6 Å². The number of aryl methyl sites for hydroxylation is 2. The van der Waals surface area contributed by atoms with Gasteiger partial charge >= 0.3 is 113 Å². The largest absolute Gasteiger partial charge is 0.486 e. The average Bonchev–Trinajstić information content (AvgIpc) is 3.83. The Kier molecular flexibility index (Phi) is 11.0. The van der Waals surface area contributed by atoms with E-state index in [4.69, 9.17) is 19.4 Å². The standard InChI is InChI=1S/C34H21N4O.C16H20GeN.Ir/c1-21-15-16-26-29(35-21)19-20-30-31(26)38(23-11-6-3-7-12-23)33(36-30)27-14-8-13-24-25-17-18-28(22-9-4-2-5-10-22)37-34(25)39-32(24)27;1-5-13-11-16(14-9-7-6-8-10-14)18-12-15(13)17(2,3)4;/h2-13,15-20H,1H3;6-9,11-12H,5H2,1-4H3;/q2*-1;. The molecule has 1 radical (unpaired) electrons. The van der Waals surface area contributed by atoms with Gasteiger partial charge < -0.3 is 8.98 Å². The Labute approximate surface area is 354 Å². The average molecular weight is 993 g/mol. The zero-order valence-electron chi connectivity index (χ0n) is 33.0. The molecule has 0 saturated carbocycles. The van der Waals surface area contributed by atoms with Crippen molar-refractivity contribution in [2.24, 2.45) is 0 Å². The number of rotatable bonds is 6. The third-order valence-corrected chi connectivity index (χ3v) is 14.7. The van der Waals surface area contributed by atoms with E-state index >= 15 is 0 Å². The van der Waals surface area contributed by atoms with E-state index in [2.05, 4.69) is 101 Å². The molecule has 58 heavy (non-hydrogen) atoms. The van der Waals surface area contributed by atoms with Crippen molar-refractivity contribution >= 4 is 61.7 Å². The Balaban J connectivity index is 0.000000209. The summed E-state index contributed by atoms with van der Waals surface area (Å²) in [6.07, 6.45) is 3.19. The SMILES string of the molecule is CCc1cc(-c2[c-]cccc2)nc[c]1[Ge]([CH3])([CH3])[CH3].Cc1ccc2c(ccc3nc(-c4[c-]ccc5c4oc4nc(-c6ccccc6)ccc45)n(-c4ccccc4)c32)n1.[Ir]. The summed E-state index contributed by atoms with van der Waals surface area (Å²) in [5, 5.41) is 3.00. The molecule has 10 rings (SSSR count). The number of aromatic nitrogens is 5. The number of hydrogen-bond acceptors (Lipinski definition) is 5. The fourth-order valence-electron chi connectivity index (χ4n) is 7.59. The maximum Gasteiger partial charge on any atom is 0.216 e. The van der Waals surface area contributed by atoms with Gasteiger partial charge in [-0.25, -0.2) is 4.98 Å². The Morgan fingerprint density at radius 2 is 1.41 bits per heavy atom. The summed E-state index contributed by atoms with van der Waals surface area (Å²) in [4.78, 5) is 19.4. The summed E-state index contributed by atoms with van der Waals surface area (Å²) >= 11 is -1.80. The smallest absolute Gasteiger partial charge is 0.216 e. The van der Waals surface area contributed by atoms with Crippen molar-refractivity contribution in [1.82, 2.24) is 24.5 Å². The molecule has 0 amide bonds. The van der Waals surface area contributed by atoms with Crippen LogP contribution >= 0.6 is 0 Å². The van der Waals surface area contributed by atoms with Crippen LogP contribution < -0.4 is 4.40 Å². The van der Waals surface area contributed by atoms with E-state index in [1.165, 1.54) is 9.96 Å². The summed E-state index contributed by atoms with van der Waals surface area (Å²) in [7, 11) is 0. The first kappa shape index (κ1) is 39.1. The molecule has 0 atom stereocenters. The first-order valence-corrected chi connectivity index (χ1v) is 26.7. The summed E-state index contributed by atoms with van der Waals surface area (Å²) in [5.41, 5.74) is 12.4. The molecule has 0 aliphatic carbocycles. The van der Waals surface area contributed by atoms with Gasteiger partial charge in [-0.2, -0.15) is 0 Å². The molecule has 287 valence electrons. The van der Waals surface area contributed by atoms with Crippen LogP contribution in [0.15, 0.2) is 150 Å². The minimum Gasteiger partial charge on any atom is -0.486 e. The molecule has 0 aliphatic heterocycles. The molecule has 0 aliphatic rings. The summed E-state index contributed by atoms with van der Waals surface area (Å²) < 4.78 is 10.2. The zero-order chi connectivity index (χ0) is 39.1. The summed E-state index contributed by atoms with van der Waals surface area (Å²) in [5.74, 6) is 8.02. The fraction of sp³-hybridized carbons (Fsp3) is 0.120. The van der Waals surface area contributed by atoms with Gasteiger partial charge in [0.1, 0.15) is 0 Å². The van der Waals surface area contributed by atoms with E-state index in [1.807, 2.05) is 97.9 Å². The molecular formula is C50H41GeIrN5O-2. The quantitative estimate of drug-likeness (QED) is 0.123. The first-order valence-electron chi connectivity index (χ1n) is 19.4. The predicted molar refractivity (Wildman–Crippen MR) is 237 cm³/mol. The molecular weight excluding hydrogens is 951 g/mol. The molecule has 10 aromatic rings.